The number of rotatable bonds is 8. The minimum atomic E-state index is -0.0367. The van der Waals surface area contributed by atoms with Gasteiger partial charge in [0.2, 0.25) is 5.91 Å². The van der Waals surface area contributed by atoms with Gasteiger partial charge in [0.1, 0.15) is 5.75 Å². The molecule has 0 radical (unpaired) electrons. The molecule has 0 bridgehead atoms. The van der Waals surface area contributed by atoms with Gasteiger partial charge in [0.15, 0.2) is 5.96 Å². The molecule has 0 spiro atoms. The molecule has 1 amide bonds. The third-order valence-corrected chi connectivity index (χ3v) is 3.18. The Hall–Kier alpha value is -1.51. The van der Waals surface area contributed by atoms with Gasteiger partial charge in [-0.3, -0.25) is 4.79 Å². The second-order valence-corrected chi connectivity index (χ2v) is 5.21. The fraction of sp³-hybridized carbons (Fsp3) is 0.529. The third kappa shape index (κ3) is 8.37. The SMILES string of the molecule is CCCNC(=O)CNC(=NCc1ccc(C)cc1OC)NCC.I. The van der Waals surface area contributed by atoms with E-state index in [-0.39, 0.29) is 36.4 Å². The predicted molar refractivity (Wildman–Crippen MR) is 109 cm³/mol. The Balaban J connectivity index is 0.00000529. The number of methoxy groups -OCH3 is 1. The van der Waals surface area contributed by atoms with E-state index in [1.807, 2.05) is 39.0 Å². The summed E-state index contributed by atoms with van der Waals surface area (Å²) in [4.78, 5) is 16.2. The van der Waals surface area contributed by atoms with Crippen LogP contribution in [-0.4, -0.2) is 38.6 Å². The zero-order valence-electron chi connectivity index (χ0n) is 14.9. The van der Waals surface area contributed by atoms with E-state index in [1.165, 1.54) is 0 Å². The molecule has 0 saturated heterocycles. The summed E-state index contributed by atoms with van der Waals surface area (Å²) in [5.74, 6) is 1.40. The summed E-state index contributed by atoms with van der Waals surface area (Å²) in [6.45, 7) is 8.14. The van der Waals surface area contributed by atoms with Crippen LogP contribution in [0.15, 0.2) is 23.2 Å². The number of carbonyl (C=O) groups is 1. The van der Waals surface area contributed by atoms with Crippen molar-refractivity contribution in [1.82, 2.24) is 16.0 Å². The monoisotopic (exact) mass is 448 g/mol. The van der Waals surface area contributed by atoms with Crippen molar-refractivity contribution in [2.24, 2.45) is 4.99 Å². The molecule has 0 fully saturated rings. The van der Waals surface area contributed by atoms with Gasteiger partial charge in [0, 0.05) is 18.7 Å². The smallest absolute Gasteiger partial charge is 0.239 e. The van der Waals surface area contributed by atoms with Crippen molar-refractivity contribution in [1.29, 1.82) is 0 Å². The van der Waals surface area contributed by atoms with Crippen LogP contribution in [0.4, 0.5) is 0 Å². The van der Waals surface area contributed by atoms with E-state index in [2.05, 4.69) is 20.9 Å². The number of halogens is 1. The van der Waals surface area contributed by atoms with Crippen LogP contribution in [-0.2, 0) is 11.3 Å². The second kappa shape index (κ2) is 12.9. The van der Waals surface area contributed by atoms with E-state index >= 15 is 0 Å². The molecule has 136 valence electrons. The highest BCUT2D eigenvalue weighted by atomic mass is 127. The predicted octanol–water partition coefficient (Wildman–Crippen LogP) is 2.20. The minimum Gasteiger partial charge on any atom is -0.496 e. The first kappa shape index (κ1) is 22.5. The van der Waals surface area contributed by atoms with Crippen LogP contribution >= 0.6 is 24.0 Å². The van der Waals surface area contributed by atoms with Crippen LogP contribution in [0.1, 0.15) is 31.4 Å². The normalized spacial score (nSPS) is 10.6. The quantitative estimate of drug-likeness (QED) is 0.324. The molecular formula is C17H29IN4O2. The molecule has 1 rings (SSSR count). The maximum atomic E-state index is 11.6. The number of nitrogens with zero attached hydrogens (tertiary/aromatic N) is 1. The molecule has 0 aliphatic heterocycles. The molecule has 1 aromatic carbocycles. The molecule has 3 N–H and O–H groups in total. The van der Waals surface area contributed by atoms with Crippen LogP contribution in [0, 0.1) is 6.92 Å². The van der Waals surface area contributed by atoms with Gasteiger partial charge in [-0.2, -0.15) is 0 Å². The maximum Gasteiger partial charge on any atom is 0.239 e. The topological polar surface area (TPSA) is 74.8 Å². The number of aryl methyl sites for hydroxylation is 1. The molecular weight excluding hydrogens is 419 g/mol. The highest BCUT2D eigenvalue weighted by molar-refractivity contribution is 14.0. The lowest BCUT2D eigenvalue weighted by Gasteiger charge is -2.12. The summed E-state index contributed by atoms with van der Waals surface area (Å²) in [6.07, 6.45) is 0.924. The first-order valence-corrected chi connectivity index (χ1v) is 8.03. The first-order valence-electron chi connectivity index (χ1n) is 8.03. The molecule has 7 heteroatoms. The Morgan fingerprint density at radius 2 is 1.96 bits per heavy atom. The summed E-state index contributed by atoms with van der Waals surface area (Å²) >= 11 is 0. The number of hydrogen-bond donors (Lipinski definition) is 3. The minimum absolute atomic E-state index is 0. The van der Waals surface area contributed by atoms with Crippen LogP contribution in [0.3, 0.4) is 0 Å². The molecule has 0 heterocycles. The Morgan fingerprint density at radius 3 is 2.58 bits per heavy atom. The van der Waals surface area contributed by atoms with E-state index in [1.54, 1.807) is 7.11 Å². The van der Waals surface area contributed by atoms with E-state index in [0.717, 1.165) is 29.8 Å². The molecule has 0 aliphatic rings. The van der Waals surface area contributed by atoms with Gasteiger partial charge in [0.25, 0.3) is 0 Å². The highest BCUT2D eigenvalue weighted by Crippen LogP contribution is 2.20. The van der Waals surface area contributed by atoms with Gasteiger partial charge < -0.3 is 20.7 Å². The van der Waals surface area contributed by atoms with E-state index in [0.29, 0.717) is 19.0 Å². The van der Waals surface area contributed by atoms with E-state index in [4.69, 9.17) is 4.74 Å². The number of benzene rings is 1. The molecule has 0 aliphatic carbocycles. The largest absolute Gasteiger partial charge is 0.496 e. The van der Waals surface area contributed by atoms with Crippen molar-refractivity contribution in [2.75, 3.05) is 26.7 Å². The standard InChI is InChI=1S/C17H28N4O2.HI/c1-5-9-19-16(22)12-21-17(18-6-2)20-11-14-8-7-13(3)10-15(14)23-4;/h7-8,10H,5-6,9,11-12H2,1-4H3,(H,19,22)(H2,18,20,21);1H. The average molecular weight is 448 g/mol. The van der Waals surface area contributed by atoms with Crippen molar-refractivity contribution in [2.45, 2.75) is 33.7 Å². The van der Waals surface area contributed by atoms with Crippen molar-refractivity contribution < 1.29 is 9.53 Å². The number of ether oxygens (including phenoxy) is 1. The zero-order valence-corrected chi connectivity index (χ0v) is 17.3. The number of nitrogens with one attached hydrogen (secondary N) is 3. The lowest BCUT2D eigenvalue weighted by atomic mass is 10.1. The molecule has 0 unspecified atom stereocenters. The fourth-order valence-corrected chi connectivity index (χ4v) is 1.98. The lowest BCUT2D eigenvalue weighted by molar-refractivity contribution is -0.120. The molecule has 0 atom stereocenters. The van der Waals surface area contributed by atoms with Crippen LogP contribution in [0.25, 0.3) is 0 Å². The summed E-state index contributed by atoms with van der Waals surface area (Å²) in [6, 6.07) is 6.03. The average Bonchev–Trinajstić information content (AvgIpc) is 2.56. The Bertz CT molecular complexity index is 535. The number of aliphatic imine (C=N–C) groups is 1. The molecule has 1 aromatic rings. The summed E-state index contributed by atoms with van der Waals surface area (Å²) < 4.78 is 5.39. The summed E-state index contributed by atoms with van der Waals surface area (Å²) in [7, 11) is 1.66. The number of hydrogen-bond acceptors (Lipinski definition) is 3. The van der Waals surface area contributed by atoms with Gasteiger partial charge in [-0.1, -0.05) is 19.1 Å². The van der Waals surface area contributed by atoms with Crippen LogP contribution in [0.5, 0.6) is 5.75 Å². The number of amides is 1. The van der Waals surface area contributed by atoms with Crippen molar-refractivity contribution >= 4 is 35.8 Å². The van der Waals surface area contributed by atoms with Crippen molar-refractivity contribution in [3.05, 3.63) is 29.3 Å². The van der Waals surface area contributed by atoms with Crippen molar-refractivity contribution in [3.63, 3.8) is 0 Å². The van der Waals surface area contributed by atoms with Crippen LogP contribution < -0.4 is 20.7 Å². The highest BCUT2D eigenvalue weighted by Gasteiger charge is 2.05. The van der Waals surface area contributed by atoms with Gasteiger partial charge in [-0.05, 0) is 31.9 Å². The van der Waals surface area contributed by atoms with Gasteiger partial charge in [-0.15, -0.1) is 24.0 Å². The second-order valence-electron chi connectivity index (χ2n) is 5.21. The molecule has 24 heavy (non-hydrogen) atoms. The number of guanidine groups is 1. The van der Waals surface area contributed by atoms with E-state index in [9.17, 15) is 4.79 Å². The van der Waals surface area contributed by atoms with E-state index < -0.39 is 0 Å². The summed E-state index contributed by atoms with van der Waals surface area (Å²) in [5.41, 5.74) is 2.15. The first-order chi connectivity index (χ1) is 11.1. The van der Waals surface area contributed by atoms with Gasteiger partial charge >= 0.3 is 0 Å². The molecule has 0 aromatic heterocycles. The zero-order chi connectivity index (χ0) is 17.1. The van der Waals surface area contributed by atoms with Gasteiger partial charge in [-0.25, -0.2) is 4.99 Å². The third-order valence-electron chi connectivity index (χ3n) is 3.18. The lowest BCUT2D eigenvalue weighted by Crippen LogP contribution is -2.43. The Labute approximate surface area is 161 Å². The van der Waals surface area contributed by atoms with Crippen molar-refractivity contribution in [3.8, 4) is 5.75 Å². The molecule has 6 nitrogen and oxygen atoms in total. The number of carbonyl (C=O) groups excluding carboxylic acids is 1. The van der Waals surface area contributed by atoms with Gasteiger partial charge in [0.05, 0.1) is 20.2 Å². The fourth-order valence-electron chi connectivity index (χ4n) is 1.98. The Kier molecular flexibility index (Phi) is 12.0. The Morgan fingerprint density at radius 1 is 1.21 bits per heavy atom. The summed E-state index contributed by atoms with van der Waals surface area (Å²) in [5, 5.41) is 8.99. The van der Waals surface area contributed by atoms with Crippen LogP contribution in [0.2, 0.25) is 0 Å². The maximum absolute atomic E-state index is 11.6. The molecule has 0 saturated carbocycles.